The summed E-state index contributed by atoms with van der Waals surface area (Å²) in [5.74, 6) is 0.462. The largest absolute Gasteiger partial charge is 0.302 e. The zero-order valence-corrected chi connectivity index (χ0v) is 16.1. The lowest BCUT2D eigenvalue weighted by atomic mass is 9.89. The minimum absolute atomic E-state index is 0.462. The summed E-state index contributed by atoms with van der Waals surface area (Å²) in [6.45, 7) is 2.09. The number of aromatic nitrogens is 2. The first-order chi connectivity index (χ1) is 13.3. The van der Waals surface area contributed by atoms with Crippen molar-refractivity contribution < 1.29 is 0 Å². The molecule has 0 saturated carbocycles. The Balaban J connectivity index is 1.61. The van der Waals surface area contributed by atoms with Gasteiger partial charge in [-0.2, -0.15) is 0 Å². The van der Waals surface area contributed by atoms with E-state index in [1.807, 2.05) is 23.7 Å². The van der Waals surface area contributed by atoms with Crippen molar-refractivity contribution in [2.75, 3.05) is 13.6 Å². The van der Waals surface area contributed by atoms with Gasteiger partial charge in [-0.1, -0.05) is 30.3 Å². The van der Waals surface area contributed by atoms with Crippen molar-refractivity contribution in [3.8, 4) is 11.1 Å². The molecule has 1 unspecified atom stereocenters. The Kier molecular flexibility index (Phi) is 4.23. The molecule has 4 aromatic rings. The zero-order chi connectivity index (χ0) is 18.2. The molecule has 1 atom stereocenters. The Hall–Kier alpha value is -2.56. The van der Waals surface area contributed by atoms with Gasteiger partial charge in [-0.25, -0.2) is 9.97 Å². The molecule has 3 heterocycles. The van der Waals surface area contributed by atoms with Crippen LogP contribution < -0.4 is 0 Å². The van der Waals surface area contributed by atoms with Crippen molar-refractivity contribution in [2.24, 2.45) is 0 Å². The molecule has 0 bridgehead atoms. The maximum absolute atomic E-state index is 4.17. The molecule has 0 saturated heterocycles. The predicted molar refractivity (Wildman–Crippen MR) is 112 cm³/mol. The topological polar surface area (TPSA) is 29.0 Å². The monoisotopic (exact) mass is 371 g/mol. The Morgan fingerprint density at radius 3 is 2.70 bits per heavy atom. The van der Waals surface area contributed by atoms with E-state index in [2.05, 4.69) is 70.4 Å². The third-order valence-corrected chi connectivity index (χ3v) is 6.67. The van der Waals surface area contributed by atoms with E-state index in [9.17, 15) is 0 Å². The summed E-state index contributed by atoms with van der Waals surface area (Å²) in [4.78, 5) is 12.3. The van der Waals surface area contributed by atoms with Crippen LogP contribution in [0.15, 0.2) is 67.3 Å². The molecule has 0 spiro atoms. The van der Waals surface area contributed by atoms with Gasteiger partial charge in [-0.3, -0.25) is 0 Å². The maximum Gasteiger partial charge on any atom is 0.115 e. The van der Waals surface area contributed by atoms with Gasteiger partial charge in [0.1, 0.15) is 6.33 Å². The molecule has 27 heavy (non-hydrogen) atoms. The molecule has 1 aliphatic heterocycles. The Labute approximate surface area is 163 Å². The molecule has 0 aliphatic carbocycles. The van der Waals surface area contributed by atoms with Crippen molar-refractivity contribution in [2.45, 2.75) is 18.9 Å². The molecule has 2 aromatic heterocycles. The lowest BCUT2D eigenvalue weighted by molar-refractivity contribution is 0.328. The summed E-state index contributed by atoms with van der Waals surface area (Å²) < 4.78 is 1.38. The van der Waals surface area contributed by atoms with Crippen molar-refractivity contribution in [3.05, 3.63) is 83.3 Å². The SMILES string of the molecule is CN1CCC(c2cc3ccccc3s2)c2ccc(-c3cncnc3)cc2C1. The molecular weight excluding hydrogens is 350 g/mol. The second-order valence-electron chi connectivity index (χ2n) is 7.31. The molecule has 0 N–H and O–H groups in total. The minimum atomic E-state index is 0.462. The number of fused-ring (bicyclic) bond motifs is 2. The van der Waals surface area contributed by atoms with E-state index in [0.717, 1.165) is 25.1 Å². The molecular formula is C23H21N3S. The molecule has 2 aromatic carbocycles. The van der Waals surface area contributed by atoms with Crippen LogP contribution in [0.3, 0.4) is 0 Å². The molecule has 4 heteroatoms. The van der Waals surface area contributed by atoms with Gasteiger partial charge in [0.25, 0.3) is 0 Å². The van der Waals surface area contributed by atoms with E-state index in [-0.39, 0.29) is 0 Å². The van der Waals surface area contributed by atoms with Crippen LogP contribution in [0.25, 0.3) is 21.2 Å². The van der Waals surface area contributed by atoms with Crippen LogP contribution in [-0.4, -0.2) is 28.5 Å². The van der Waals surface area contributed by atoms with E-state index in [1.54, 1.807) is 6.33 Å². The molecule has 1 aliphatic rings. The van der Waals surface area contributed by atoms with Crippen LogP contribution in [-0.2, 0) is 6.54 Å². The predicted octanol–water partition coefficient (Wildman–Crippen LogP) is 5.33. The summed E-state index contributed by atoms with van der Waals surface area (Å²) >= 11 is 1.94. The van der Waals surface area contributed by atoms with Gasteiger partial charge < -0.3 is 4.90 Å². The molecule has 5 rings (SSSR count). The summed E-state index contributed by atoms with van der Waals surface area (Å²) in [5.41, 5.74) is 5.15. The van der Waals surface area contributed by atoms with E-state index < -0.39 is 0 Å². The highest BCUT2D eigenvalue weighted by atomic mass is 32.1. The lowest BCUT2D eigenvalue weighted by Gasteiger charge is -2.17. The van der Waals surface area contributed by atoms with Crippen molar-refractivity contribution in [1.82, 2.24) is 14.9 Å². The number of hydrogen-bond acceptors (Lipinski definition) is 4. The minimum Gasteiger partial charge on any atom is -0.302 e. The second kappa shape index (κ2) is 6.87. The third kappa shape index (κ3) is 3.15. The molecule has 134 valence electrons. The molecule has 0 radical (unpaired) electrons. The Bertz CT molecular complexity index is 1050. The quantitative estimate of drug-likeness (QED) is 0.477. The summed E-state index contributed by atoms with van der Waals surface area (Å²) in [5, 5.41) is 1.36. The van der Waals surface area contributed by atoms with Gasteiger partial charge in [0.05, 0.1) is 0 Å². The normalized spacial score (nSPS) is 17.6. The second-order valence-corrected chi connectivity index (χ2v) is 8.42. The van der Waals surface area contributed by atoms with Gasteiger partial charge in [-0.05, 0) is 60.3 Å². The fourth-order valence-corrected chi connectivity index (χ4v) is 5.27. The number of benzene rings is 2. The number of thiophene rings is 1. The zero-order valence-electron chi connectivity index (χ0n) is 15.3. The lowest BCUT2D eigenvalue weighted by Crippen LogP contribution is -2.17. The van der Waals surface area contributed by atoms with Crippen molar-refractivity contribution in [3.63, 3.8) is 0 Å². The molecule has 0 amide bonds. The van der Waals surface area contributed by atoms with Crippen molar-refractivity contribution >= 4 is 21.4 Å². The van der Waals surface area contributed by atoms with E-state index in [1.165, 1.54) is 31.7 Å². The highest BCUT2D eigenvalue weighted by Crippen LogP contribution is 2.40. The van der Waals surface area contributed by atoms with Crippen LogP contribution in [0.2, 0.25) is 0 Å². The first-order valence-corrected chi connectivity index (χ1v) is 10.1. The average molecular weight is 372 g/mol. The van der Waals surface area contributed by atoms with Crippen LogP contribution >= 0.6 is 11.3 Å². The summed E-state index contributed by atoms with van der Waals surface area (Å²) in [6, 6.07) is 18.0. The van der Waals surface area contributed by atoms with Crippen LogP contribution in [0.1, 0.15) is 28.3 Å². The summed E-state index contributed by atoms with van der Waals surface area (Å²) in [7, 11) is 2.22. The van der Waals surface area contributed by atoms with Gasteiger partial charge >= 0.3 is 0 Å². The fraction of sp³-hybridized carbons (Fsp3) is 0.217. The number of rotatable bonds is 2. The molecule has 0 fully saturated rings. The van der Waals surface area contributed by atoms with Gasteiger partial charge in [0.15, 0.2) is 0 Å². The number of hydrogen-bond donors (Lipinski definition) is 0. The van der Waals surface area contributed by atoms with Gasteiger partial charge in [0, 0.05) is 40.0 Å². The first-order valence-electron chi connectivity index (χ1n) is 9.33. The summed E-state index contributed by atoms with van der Waals surface area (Å²) in [6.07, 6.45) is 6.51. The smallest absolute Gasteiger partial charge is 0.115 e. The van der Waals surface area contributed by atoms with E-state index >= 15 is 0 Å². The highest BCUT2D eigenvalue weighted by Gasteiger charge is 2.24. The van der Waals surface area contributed by atoms with Crippen LogP contribution in [0.5, 0.6) is 0 Å². The first kappa shape index (κ1) is 16.6. The number of nitrogens with zero attached hydrogens (tertiary/aromatic N) is 3. The highest BCUT2D eigenvalue weighted by molar-refractivity contribution is 7.19. The van der Waals surface area contributed by atoms with Crippen LogP contribution in [0, 0.1) is 0 Å². The third-order valence-electron chi connectivity index (χ3n) is 5.44. The van der Waals surface area contributed by atoms with Crippen LogP contribution in [0.4, 0.5) is 0 Å². The van der Waals surface area contributed by atoms with Gasteiger partial charge in [-0.15, -0.1) is 11.3 Å². The maximum atomic E-state index is 4.17. The average Bonchev–Trinajstić information content (AvgIpc) is 3.06. The van der Waals surface area contributed by atoms with E-state index in [0.29, 0.717) is 5.92 Å². The Morgan fingerprint density at radius 2 is 1.85 bits per heavy atom. The van der Waals surface area contributed by atoms with Gasteiger partial charge in [0.2, 0.25) is 0 Å². The standard InChI is InChI=1S/C23H21N3S/c1-26-9-8-21(23-11-17-4-2-3-5-22(17)27-23)20-7-6-16(10-18(20)14-26)19-12-24-15-25-13-19/h2-7,10-13,15,21H,8-9,14H2,1H3. The Morgan fingerprint density at radius 1 is 1.00 bits per heavy atom. The van der Waals surface area contributed by atoms with Crippen molar-refractivity contribution in [1.29, 1.82) is 0 Å². The fourth-order valence-electron chi connectivity index (χ4n) is 4.05. The molecule has 3 nitrogen and oxygen atoms in total. The van der Waals surface area contributed by atoms with E-state index in [4.69, 9.17) is 0 Å².